The third-order valence-electron chi connectivity index (χ3n) is 3.23. The van der Waals surface area contributed by atoms with Gasteiger partial charge >= 0.3 is 0 Å². The van der Waals surface area contributed by atoms with E-state index in [4.69, 9.17) is 4.74 Å². The number of rotatable bonds is 5. The number of aromatic nitrogens is 2. The molecule has 0 radical (unpaired) electrons. The van der Waals surface area contributed by atoms with Gasteiger partial charge in [0.2, 0.25) is 5.91 Å². The summed E-state index contributed by atoms with van der Waals surface area (Å²) < 4.78 is 5.53. The van der Waals surface area contributed by atoms with Crippen LogP contribution in [0.5, 0.6) is 0 Å². The molecule has 1 saturated heterocycles. The number of ether oxygens (including phenoxy) is 1. The minimum Gasteiger partial charge on any atom is -0.380 e. The summed E-state index contributed by atoms with van der Waals surface area (Å²) in [4.78, 5) is 22.5. The molecule has 1 aromatic heterocycles. The highest BCUT2D eigenvalue weighted by molar-refractivity contribution is 7.99. The Bertz CT molecular complexity index is 472. The number of hydrogen-bond donors (Lipinski definition) is 1. The maximum Gasteiger partial charge on any atom is 0.230 e. The predicted octanol–water partition coefficient (Wildman–Crippen LogP) is 0.572. The Hall–Kier alpha value is -1.18. The molecule has 0 saturated carbocycles. The van der Waals surface area contributed by atoms with E-state index in [2.05, 4.69) is 27.2 Å². The van der Waals surface area contributed by atoms with Gasteiger partial charge in [0.15, 0.2) is 5.16 Å². The molecule has 116 valence electrons. The monoisotopic (exact) mass is 310 g/mol. The van der Waals surface area contributed by atoms with Crippen molar-refractivity contribution in [3.05, 3.63) is 18.0 Å². The number of hydrogen-bond acceptors (Lipinski definition) is 6. The molecule has 1 atom stereocenters. The van der Waals surface area contributed by atoms with E-state index in [0.717, 1.165) is 25.4 Å². The smallest absolute Gasteiger partial charge is 0.230 e. The van der Waals surface area contributed by atoms with Gasteiger partial charge in [-0.3, -0.25) is 4.79 Å². The van der Waals surface area contributed by atoms with Crippen LogP contribution in [0.25, 0.3) is 0 Å². The highest BCUT2D eigenvalue weighted by atomic mass is 32.2. The summed E-state index contributed by atoms with van der Waals surface area (Å²) in [5.41, 5.74) is 0.909. The number of likely N-dealkylation sites (N-methyl/N-ethyl adjacent to an activating group) is 1. The first-order chi connectivity index (χ1) is 10.1. The van der Waals surface area contributed by atoms with E-state index in [-0.39, 0.29) is 5.91 Å². The van der Waals surface area contributed by atoms with Gasteiger partial charge in [0.05, 0.1) is 19.0 Å². The predicted molar refractivity (Wildman–Crippen MR) is 82.3 cm³/mol. The molecule has 0 bridgehead atoms. The summed E-state index contributed by atoms with van der Waals surface area (Å²) in [7, 11) is 2.08. The van der Waals surface area contributed by atoms with E-state index in [9.17, 15) is 4.79 Å². The van der Waals surface area contributed by atoms with Crippen LogP contribution in [-0.4, -0.2) is 66.4 Å². The van der Waals surface area contributed by atoms with Gasteiger partial charge in [-0.1, -0.05) is 11.8 Å². The second-order valence-corrected chi connectivity index (χ2v) is 6.22. The zero-order valence-electron chi connectivity index (χ0n) is 12.5. The van der Waals surface area contributed by atoms with E-state index < -0.39 is 0 Å². The average molecular weight is 310 g/mol. The van der Waals surface area contributed by atoms with Crippen molar-refractivity contribution in [1.29, 1.82) is 0 Å². The van der Waals surface area contributed by atoms with Crippen molar-refractivity contribution < 1.29 is 9.53 Å². The number of carbonyl (C=O) groups is 1. The molecule has 1 aliphatic heterocycles. The lowest BCUT2D eigenvalue weighted by Gasteiger charge is -2.19. The summed E-state index contributed by atoms with van der Waals surface area (Å²) in [5, 5.41) is 3.60. The van der Waals surface area contributed by atoms with Crippen molar-refractivity contribution >= 4 is 17.7 Å². The lowest BCUT2D eigenvalue weighted by molar-refractivity contribution is -0.118. The van der Waals surface area contributed by atoms with Crippen LogP contribution in [0.1, 0.15) is 5.69 Å². The molecule has 2 rings (SSSR count). The molecule has 6 nitrogen and oxygen atoms in total. The van der Waals surface area contributed by atoms with Crippen molar-refractivity contribution in [2.24, 2.45) is 5.92 Å². The fourth-order valence-electron chi connectivity index (χ4n) is 2.11. The minimum atomic E-state index is 0.0111. The van der Waals surface area contributed by atoms with E-state index in [1.165, 1.54) is 11.8 Å². The normalized spacial score (nSPS) is 20.0. The lowest BCUT2D eigenvalue weighted by Crippen LogP contribution is -2.36. The zero-order chi connectivity index (χ0) is 15.1. The Labute approximate surface area is 129 Å². The van der Waals surface area contributed by atoms with Crippen LogP contribution >= 0.6 is 11.8 Å². The van der Waals surface area contributed by atoms with Crippen molar-refractivity contribution in [3.8, 4) is 0 Å². The van der Waals surface area contributed by atoms with E-state index >= 15 is 0 Å². The van der Waals surface area contributed by atoms with E-state index in [0.29, 0.717) is 30.0 Å². The number of nitrogens with zero attached hydrogens (tertiary/aromatic N) is 3. The third kappa shape index (κ3) is 5.99. The largest absolute Gasteiger partial charge is 0.380 e. The fraction of sp³-hybridized carbons (Fsp3) is 0.643. The molecule has 1 N–H and O–H groups in total. The maximum atomic E-state index is 11.9. The second-order valence-electron chi connectivity index (χ2n) is 5.28. The standard InChI is InChI=1S/C14H22N4O2S/c1-11-3-4-15-14(17-11)21-10-13(19)16-7-12-8-18(2)5-6-20-9-12/h3-4,12H,5-10H2,1-2H3,(H,16,19)/t12-/m1/s1. The fourth-order valence-corrected chi connectivity index (χ4v) is 2.82. The van der Waals surface area contributed by atoms with Gasteiger partial charge in [0.1, 0.15) is 0 Å². The van der Waals surface area contributed by atoms with E-state index in [1.807, 2.05) is 13.0 Å². The molecule has 1 aliphatic rings. The molecule has 1 fully saturated rings. The molecular formula is C14H22N4O2S. The highest BCUT2D eigenvalue weighted by Gasteiger charge is 2.16. The molecule has 7 heteroatoms. The molecule has 21 heavy (non-hydrogen) atoms. The van der Waals surface area contributed by atoms with E-state index in [1.54, 1.807) is 6.20 Å². The van der Waals surface area contributed by atoms with Crippen molar-refractivity contribution in [2.45, 2.75) is 12.1 Å². The van der Waals surface area contributed by atoms with Gasteiger partial charge < -0.3 is 15.0 Å². The van der Waals surface area contributed by atoms with Gasteiger partial charge in [-0.05, 0) is 20.0 Å². The summed E-state index contributed by atoms with van der Waals surface area (Å²) in [6.45, 7) is 5.94. The Kier molecular flexibility index (Phi) is 6.41. The molecular weight excluding hydrogens is 288 g/mol. The first kappa shape index (κ1) is 16.2. The summed E-state index contributed by atoms with van der Waals surface area (Å²) in [6.07, 6.45) is 1.71. The number of amides is 1. The van der Waals surface area contributed by atoms with Crippen LogP contribution < -0.4 is 5.32 Å². The quantitative estimate of drug-likeness (QED) is 0.633. The maximum absolute atomic E-state index is 11.9. The molecule has 0 unspecified atom stereocenters. The summed E-state index contributed by atoms with van der Waals surface area (Å²) in [6, 6.07) is 1.84. The van der Waals surface area contributed by atoms with Crippen LogP contribution in [-0.2, 0) is 9.53 Å². The van der Waals surface area contributed by atoms with Crippen LogP contribution in [0.3, 0.4) is 0 Å². The van der Waals surface area contributed by atoms with Gasteiger partial charge in [-0.25, -0.2) is 9.97 Å². The van der Waals surface area contributed by atoms with Crippen LogP contribution in [0.4, 0.5) is 0 Å². The molecule has 2 heterocycles. The van der Waals surface area contributed by atoms with Crippen LogP contribution in [0, 0.1) is 12.8 Å². The SMILES string of the molecule is Cc1ccnc(SCC(=O)NC[C@H]2COCCN(C)C2)n1. The minimum absolute atomic E-state index is 0.0111. The molecule has 1 aromatic rings. The summed E-state index contributed by atoms with van der Waals surface area (Å²) in [5.74, 6) is 0.700. The third-order valence-corrected chi connectivity index (χ3v) is 4.10. The molecule has 0 spiro atoms. The first-order valence-corrected chi connectivity index (χ1v) is 8.07. The topological polar surface area (TPSA) is 67.3 Å². The van der Waals surface area contributed by atoms with Gasteiger partial charge in [-0.2, -0.15) is 0 Å². The van der Waals surface area contributed by atoms with Crippen molar-refractivity contribution in [2.75, 3.05) is 45.6 Å². The Morgan fingerprint density at radius 2 is 2.48 bits per heavy atom. The van der Waals surface area contributed by atoms with Crippen LogP contribution in [0.15, 0.2) is 17.4 Å². The molecule has 1 amide bonds. The lowest BCUT2D eigenvalue weighted by atomic mass is 10.1. The molecule has 0 aliphatic carbocycles. The Morgan fingerprint density at radius 3 is 3.29 bits per heavy atom. The Morgan fingerprint density at radius 1 is 1.62 bits per heavy atom. The van der Waals surface area contributed by atoms with Crippen molar-refractivity contribution in [3.63, 3.8) is 0 Å². The number of carbonyl (C=O) groups excluding carboxylic acids is 1. The number of aryl methyl sites for hydroxylation is 1. The van der Waals surface area contributed by atoms with Crippen LogP contribution in [0.2, 0.25) is 0 Å². The average Bonchev–Trinajstić information content (AvgIpc) is 2.67. The first-order valence-electron chi connectivity index (χ1n) is 7.09. The zero-order valence-corrected chi connectivity index (χ0v) is 13.4. The number of nitrogens with one attached hydrogen (secondary N) is 1. The van der Waals surface area contributed by atoms with Gasteiger partial charge in [-0.15, -0.1) is 0 Å². The molecule has 0 aromatic carbocycles. The number of thioether (sulfide) groups is 1. The second kappa shape index (κ2) is 8.31. The van der Waals surface area contributed by atoms with Gasteiger partial charge in [0, 0.05) is 37.4 Å². The van der Waals surface area contributed by atoms with Gasteiger partial charge in [0.25, 0.3) is 0 Å². The van der Waals surface area contributed by atoms with Crippen molar-refractivity contribution in [1.82, 2.24) is 20.2 Å². The highest BCUT2D eigenvalue weighted by Crippen LogP contribution is 2.11. The summed E-state index contributed by atoms with van der Waals surface area (Å²) >= 11 is 1.36. The Balaban J connectivity index is 1.69.